The highest BCUT2D eigenvalue weighted by molar-refractivity contribution is 7.89. The van der Waals surface area contributed by atoms with E-state index in [0.717, 1.165) is 31.2 Å². The van der Waals surface area contributed by atoms with Crippen LogP contribution in [0.25, 0.3) is 0 Å². The van der Waals surface area contributed by atoms with Gasteiger partial charge in [0.2, 0.25) is 21.8 Å². The van der Waals surface area contributed by atoms with Crippen molar-refractivity contribution in [2.75, 3.05) is 0 Å². The van der Waals surface area contributed by atoms with Crippen LogP contribution in [0.2, 0.25) is 0 Å². The number of carbonyl (C=O) groups is 2. The van der Waals surface area contributed by atoms with E-state index in [-0.39, 0.29) is 41.6 Å². The summed E-state index contributed by atoms with van der Waals surface area (Å²) in [4.78, 5) is 27.0. The molecule has 1 N–H and O–H groups in total. The van der Waals surface area contributed by atoms with Gasteiger partial charge in [-0.25, -0.2) is 13.1 Å². The van der Waals surface area contributed by atoms with Gasteiger partial charge in [-0.2, -0.15) is 0 Å². The molecule has 7 heteroatoms. The Balaban J connectivity index is 1.53. The Morgan fingerprint density at radius 3 is 2.20 bits per heavy atom. The smallest absolute Gasteiger partial charge is 0.241 e. The van der Waals surface area contributed by atoms with Crippen LogP contribution in [0.1, 0.15) is 42.4 Å². The van der Waals surface area contributed by atoms with Gasteiger partial charge in [0.05, 0.1) is 23.3 Å². The van der Waals surface area contributed by atoms with E-state index in [1.54, 1.807) is 25.1 Å². The number of aryl methyl sites for hydroxylation is 1. The number of carbonyl (C=O) groups excluding carboxylic acids is 2. The van der Waals surface area contributed by atoms with Crippen molar-refractivity contribution >= 4 is 21.8 Å². The fourth-order valence-corrected chi connectivity index (χ4v) is 5.76. The summed E-state index contributed by atoms with van der Waals surface area (Å²) in [7, 11) is -3.73. The molecule has 2 atom stereocenters. The molecular formula is C23H26N2O4S. The van der Waals surface area contributed by atoms with E-state index >= 15 is 0 Å². The predicted molar refractivity (Wildman–Crippen MR) is 113 cm³/mol. The van der Waals surface area contributed by atoms with E-state index in [9.17, 15) is 18.0 Å². The first-order valence-electron chi connectivity index (χ1n) is 10.3. The van der Waals surface area contributed by atoms with E-state index in [0.29, 0.717) is 11.1 Å². The number of nitrogens with one attached hydrogen (secondary N) is 1. The summed E-state index contributed by atoms with van der Waals surface area (Å²) in [6.45, 7) is 2.05. The van der Waals surface area contributed by atoms with Gasteiger partial charge in [-0.3, -0.25) is 14.5 Å². The molecule has 2 aliphatic rings. The number of nitrogens with zero attached hydrogens (tertiary/aromatic N) is 1. The second kappa shape index (κ2) is 8.32. The third-order valence-corrected chi connectivity index (χ3v) is 7.67. The Morgan fingerprint density at radius 2 is 1.57 bits per heavy atom. The maximum atomic E-state index is 12.9. The highest BCUT2D eigenvalue weighted by Gasteiger charge is 2.47. The van der Waals surface area contributed by atoms with Gasteiger partial charge in [-0.05, 0) is 42.5 Å². The predicted octanol–water partition coefficient (Wildman–Crippen LogP) is 3.15. The molecule has 6 nitrogen and oxygen atoms in total. The van der Waals surface area contributed by atoms with E-state index < -0.39 is 10.0 Å². The molecule has 1 saturated heterocycles. The molecule has 2 amide bonds. The molecule has 0 radical (unpaired) electrons. The molecule has 1 aliphatic heterocycles. The lowest BCUT2D eigenvalue weighted by Gasteiger charge is -2.19. The van der Waals surface area contributed by atoms with Crippen molar-refractivity contribution in [3.05, 3.63) is 65.2 Å². The Bertz CT molecular complexity index is 1040. The van der Waals surface area contributed by atoms with Gasteiger partial charge >= 0.3 is 0 Å². The third-order valence-electron chi connectivity index (χ3n) is 6.12. The van der Waals surface area contributed by atoms with Gasteiger partial charge in [-0.1, -0.05) is 55.3 Å². The number of benzene rings is 2. The summed E-state index contributed by atoms with van der Waals surface area (Å²) in [5, 5.41) is 0. The summed E-state index contributed by atoms with van der Waals surface area (Å²) >= 11 is 0. The van der Waals surface area contributed by atoms with Crippen LogP contribution in [0.3, 0.4) is 0 Å². The minimum absolute atomic E-state index is 0.114. The van der Waals surface area contributed by atoms with Crippen LogP contribution < -0.4 is 4.72 Å². The second-order valence-electron chi connectivity index (χ2n) is 8.17. The van der Waals surface area contributed by atoms with E-state index in [1.807, 2.05) is 30.3 Å². The molecule has 30 heavy (non-hydrogen) atoms. The quantitative estimate of drug-likeness (QED) is 0.720. The highest BCUT2D eigenvalue weighted by atomic mass is 32.2. The Kier molecular flexibility index (Phi) is 5.75. The van der Waals surface area contributed by atoms with Crippen molar-refractivity contribution in [3.63, 3.8) is 0 Å². The average molecular weight is 427 g/mol. The number of sulfonamides is 1. The van der Waals surface area contributed by atoms with Crippen molar-refractivity contribution in [2.24, 2.45) is 11.8 Å². The lowest BCUT2D eigenvalue weighted by molar-refractivity contribution is -0.140. The Labute approximate surface area is 177 Å². The number of rotatable bonds is 6. The first-order valence-corrected chi connectivity index (χ1v) is 11.8. The van der Waals surface area contributed by atoms with Crippen LogP contribution in [0, 0.1) is 18.8 Å². The molecule has 0 unspecified atom stereocenters. The monoisotopic (exact) mass is 426 g/mol. The molecule has 1 aliphatic carbocycles. The molecule has 0 spiro atoms. The first-order chi connectivity index (χ1) is 14.4. The molecule has 2 aromatic carbocycles. The maximum absolute atomic E-state index is 12.9. The maximum Gasteiger partial charge on any atom is 0.241 e. The zero-order chi connectivity index (χ0) is 21.3. The first kappa shape index (κ1) is 20.8. The van der Waals surface area contributed by atoms with E-state index in [4.69, 9.17) is 0 Å². The molecule has 1 saturated carbocycles. The van der Waals surface area contributed by atoms with E-state index in [2.05, 4.69) is 4.72 Å². The minimum Gasteiger partial charge on any atom is -0.278 e. The van der Waals surface area contributed by atoms with Gasteiger partial charge in [-0.15, -0.1) is 0 Å². The summed E-state index contributed by atoms with van der Waals surface area (Å²) in [5.41, 5.74) is 2.12. The standard InChI is InChI=1S/C23H26N2O4S/c1-16-11-12-18(15-25-22(26)19-9-5-6-10-20(19)23(25)27)13-21(16)30(28,29)24-14-17-7-3-2-4-8-17/h2-4,7-8,11-13,19-20,24H,5-6,9-10,14-15H2,1H3/t19-,20-/m0/s1. The number of amides is 2. The molecule has 158 valence electrons. The van der Waals surface area contributed by atoms with Gasteiger partial charge in [0, 0.05) is 6.54 Å². The molecule has 0 aromatic heterocycles. The summed E-state index contributed by atoms with van der Waals surface area (Å²) in [6.07, 6.45) is 3.49. The zero-order valence-electron chi connectivity index (χ0n) is 17.0. The minimum atomic E-state index is -3.73. The van der Waals surface area contributed by atoms with Crippen molar-refractivity contribution in [1.82, 2.24) is 9.62 Å². The number of likely N-dealkylation sites (tertiary alicyclic amines) is 1. The number of hydrogen-bond donors (Lipinski definition) is 1. The number of imide groups is 1. The molecule has 1 heterocycles. The summed E-state index contributed by atoms with van der Waals surface area (Å²) in [5.74, 6) is -0.631. The van der Waals surface area contributed by atoms with E-state index in [1.165, 1.54) is 4.90 Å². The second-order valence-corrected chi connectivity index (χ2v) is 9.91. The van der Waals surface area contributed by atoms with Gasteiger partial charge < -0.3 is 0 Å². The van der Waals surface area contributed by atoms with Crippen LogP contribution in [0.15, 0.2) is 53.4 Å². The molecule has 2 aromatic rings. The summed E-state index contributed by atoms with van der Waals surface area (Å²) < 4.78 is 28.4. The van der Waals surface area contributed by atoms with Crippen LogP contribution in [0.4, 0.5) is 0 Å². The van der Waals surface area contributed by atoms with Gasteiger partial charge in [0.15, 0.2) is 0 Å². The van der Waals surface area contributed by atoms with Gasteiger partial charge in [0.1, 0.15) is 0 Å². The molecule has 4 rings (SSSR count). The Morgan fingerprint density at radius 1 is 0.933 bits per heavy atom. The van der Waals surface area contributed by atoms with Crippen molar-refractivity contribution < 1.29 is 18.0 Å². The number of hydrogen-bond acceptors (Lipinski definition) is 4. The van der Waals surface area contributed by atoms with Crippen molar-refractivity contribution in [1.29, 1.82) is 0 Å². The SMILES string of the molecule is Cc1ccc(CN2C(=O)[C@H]3CCCC[C@@H]3C2=O)cc1S(=O)(=O)NCc1ccccc1. The third kappa shape index (κ3) is 4.04. The van der Waals surface area contributed by atoms with Crippen molar-refractivity contribution in [2.45, 2.75) is 50.6 Å². The topological polar surface area (TPSA) is 83.6 Å². The lowest BCUT2D eigenvalue weighted by Crippen LogP contribution is -2.30. The van der Waals surface area contributed by atoms with Crippen LogP contribution in [0.5, 0.6) is 0 Å². The van der Waals surface area contributed by atoms with Crippen LogP contribution >= 0.6 is 0 Å². The lowest BCUT2D eigenvalue weighted by atomic mass is 9.81. The van der Waals surface area contributed by atoms with Crippen molar-refractivity contribution in [3.8, 4) is 0 Å². The normalized spacial score (nSPS) is 21.7. The van der Waals surface area contributed by atoms with Crippen LogP contribution in [-0.2, 0) is 32.7 Å². The average Bonchev–Trinajstić information content (AvgIpc) is 2.99. The van der Waals surface area contributed by atoms with Gasteiger partial charge in [0.25, 0.3) is 0 Å². The fourth-order valence-electron chi connectivity index (χ4n) is 4.45. The largest absolute Gasteiger partial charge is 0.278 e. The fraction of sp³-hybridized carbons (Fsp3) is 0.391. The Hall–Kier alpha value is -2.51. The van der Waals surface area contributed by atoms with Crippen LogP contribution in [-0.4, -0.2) is 25.1 Å². The highest BCUT2D eigenvalue weighted by Crippen LogP contribution is 2.38. The zero-order valence-corrected chi connectivity index (χ0v) is 17.8. The molecule has 2 fully saturated rings. The number of fused-ring (bicyclic) bond motifs is 1. The molecular weight excluding hydrogens is 400 g/mol. The molecule has 0 bridgehead atoms. The summed E-state index contributed by atoms with van der Waals surface area (Å²) in [6, 6.07) is 14.4.